The quantitative estimate of drug-likeness (QED) is 0.106. The first kappa shape index (κ1) is 26.8. The normalized spacial score (nSPS) is 14.2. The highest BCUT2D eigenvalue weighted by molar-refractivity contribution is 7.16. The molecule has 4 rings (SSSR count). The van der Waals surface area contributed by atoms with E-state index in [1.54, 1.807) is 23.5 Å². The van der Waals surface area contributed by atoms with Gasteiger partial charge in [0.2, 0.25) is 0 Å². The van der Waals surface area contributed by atoms with Gasteiger partial charge >= 0.3 is 0 Å². The molecule has 0 amide bonds. The van der Waals surface area contributed by atoms with E-state index in [1.165, 1.54) is 4.88 Å². The largest absolute Gasteiger partial charge is 0.494 e. The van der Waals surface area contributed by atoms with Crippen LogP contribution in [0.2, 0.25) is 0 Å². The number of unbranched alkanes of at least 4 members (excludes halogenated alkanes) is 2. The minimum absolute atomic E-state index is 0.0857. The number of ether oxygens (including phenoxy) is 3. The number of nitrogens with zero attached hydrogens (tertiary/aromatic N) is 3. The maximum atomic E-state index is 8.72. The van der Waals surface area contributed by atoms with Crippen LogP contribution in [-0.4, -0.2) is 55.5 Å². The van der Waals surface area contributed by atoms with Gasteiger partial charge in [0.1, 0.15) is 11.5 Å². The summed E-state index contributed by atoms with van der Waals surface area (Å²) in [4.78, 5) is 8.65. The molecule has 0 unspecified atom stereocenters. The number of hydrogen-bond acceptors (Lipinski definition) is 8. The molecule has 1 aliphatic rings. The molecular weight excluding hydrogens is 488 g/mol. The van der Waals surface area contributed by atoms with E-state index in [0.717, 1.165) is 73.5 Å². The molecule has 2 aromatic carbocycles. The fourth-order valence-corrected chi connectivity index (χ4v) is 5.20. The Labute approximate surface area is 222 Å². The smallest absolute Gasteiger partial charge is 0.186 e. The second-order valence-corrected chi connectivity index (χ2v) is 10.3. The van der Waals surface area contributed by atoms with Crippen molar-refractivity contribution in [2.24, 2.45) is 10.9 Å². The average molecular weight is 525 g/mol. The molecule has 2 heterocycles. The number of aromatic nitrogens is 1. The lowest BCUT2D eigenvalue weighted by Gasteiger charge is -2.26. The van der Waals surface area contributed by atoms with Crippen LogP contribution in [0.3, 0.4) is 0 Å². The molecule has 37 heavy (non-hydrogen) atoms. The van der Waals surface area contributed by atoms with E-state index < -0.39 is 0 Å². The van der Waals surface area contributed by atoms with Gasteiger partial charge in [-0.05, 0) is 73.7 Å². The number of oxime groups is 1. The van der Waals surface area contributed by atoms with Crippen molar-refractivity contribution in [3.05, 3.63) is 59.0 Å². The molecule has 8 nitrogen and oxygen atoms in total. The van der Waals surface area contributed by atoms with Crippen molar-refractivity contribution in [3.8, 4) is 22.8 Å². The van der Waals surface area contributed by atoms with Gasteiger partial charge in [0.05, 0.1) is 32.1 Å². The third kappa shape index (κ3) is 7.36. The fraction of sp³-hybridized carbons (Fsp3) is 0.429. The van der Waals surface area contributed by atoms with Crippen molar-refractivity contribution < 1.29 is 19.4 Å². The number of benzene rings is 2. The van der Waals surface area contributed by atoms with Crippen LogP contribution in [0.1, 0.15) is 49.5 Å². The summed E-state index contributed by atoms with van der Waals surface area (Å²) in [5.41, 5.74) is 8.43. The van der Waals surface area contributed by atoms with E-state index >= 15 is 0 Å². The Morgan fingerprint density at radius 2 is 1.59 bits per heavy atom. The summed E-state index contributed by atoms with van der Waals surface area (Å²) in [6.45, 7) is 9.07. The second-order valence-electron chi connectivity index (χ2n) is 9.25. The van der Waals surface area contributed by atoms with Crippen molar-refractivity contribution >= 4 is 22.3 Å². The molecule has 198 valence electrons. The number of amidine groups is 1. The Balaban J connectivity index is 1.20. The molecule has 0 aliphatic carbocycles. The first-order valence-corrected chi connectivity index (χ1v) is 13.6. The van der Waals surface area contributed by atoms with Gasteiger partial charge in [-0.25, -0.2) is 4.98 Å². The van der Waals surface area contributed by atoms with Crippen LogP contribution in [-0.2, 0) is 4.74 Å². The van der Waals surface area contributed by atoms with Crippen LogP contribution in [0.5, 0.6) is 11.5 Å². The molecule has 0 saturated carbocycles. The van der Waals surface area contributed by atoms with E-state index in [9.17, 15) is 0 Å². The van der Waals surface area contributed by atoms with Gasteiger partial charge in [0, 0.05) is 29.1 Å². The SMILES string of the molecule is CC(C)c1sc(N2CCOCC2)nc1-c1ccc(OCCCCCOc2ccc(/C(N)=N/O)cc2)cc1. The zero-order valence-electron chi connectivity index (χ0n) is 21.6. The molecule has 1 aromatic heterocycles. The third-order valence-electron chi connectivity index (χ3n) is 6.16. The van der Waals surface area contributed by atoms with Crippen molar-refractivity contribution in [2.45, 2.75) is 39.0 Å². The predicted octanol–water partition coefficient (Wildman–Crippen LogP) is 5.49. The topological polar surface area (TPSA) is 102 Å². The van der Waals surface area contributed by atoms with Gasteiger partial charge < -0.3 is 30.1 Å². The van der Waals surface area contributed by atoms with E-state index in [1.807, 2.05) is 24.3 Å². The van der Waals surface area contributed by atoms with E-state index in [0.29, 0.717) is 24.7 Å². The van der Waals surface area contributed by atoms with Gasteiger partial charge in [0.15, 0.2) is 11.0 Å². The lowest BCUT2D eigenvalue weighted by Crippen LogP contribution is -2.36. The van der Waals surface area contributed by atoms with Gasteiger partial charge in [0.25, 0.3) is 0 Å². The first-order chi connectivity index (χ1) is 18.0. The Morgan fingerprint density at radius 3 is 2.16 bits per heavy atom. The zero-order chi connectivity index (χ0) is 26.0. The van der Waals surface area contributed by atoms with Gasteiger partial charge in [-0.2, -0.15) is 0 Å². The molecule has 1 aliphatic heterocycles. The molecule has 0 spiro atoms. The van der Waals surface area contributed by atoms with Crippen molar-refractivity contribution in [1.29, 1.82) is 0 Å². The lowest BCUT2D eigenvalue weighted by atomic mass is 10.1. The number of hydrogen-bond donors (Lipinski definition) is 2. The van der Waals surface area contributed by atoms with Crippen molar-refractivity contribution in [2.75, 3.05) is 44.4 Å². The summed E-state index contributed by atoms with van der Waals surface area (Å²) in [7, 11) is 0. The number of anilines is 1. The maximum absolute atomic E-state index is 8.72. The van der Waals surface area contributed by atoms with Gasteiger partial charge in [-0.15, -0.1) is 11.3 Å². The highest BCUT2D eigenvalue weighted by atomic mass is 32.1. The molecular formula is C28H36N4O4S. The highest BCUT2D eigenvalue weighted by Gasteiger charge is 2.21. The van der Waals surface area contributed by atoms with Gasteiger partial charge in [-0.3, -0.25) is 0 Å². The Kier molecular flexibility index (Phi) is 9.62. The van der Waals surface area contributed by atoms with Crippen molar-refractivity contribution in [1.82, 2.24) is 4.98 Å². The summed E-state index contributed by atoms with van der Waals surface area (Å²) in [5, 5.41) is 12.8. The molecule has 3 N–H and O–H groups in total. The Bertz CT molecular complexity index is 1140. The second kappa shape index (κ2) is 13.3. The van der Waals surface area contributed by atoms with Gasteiger partial charge in [-0.1, -0.05) is 19.0 Å². The summed E-state index contributed by atoms with van der Waals surface area (Å²) in [5.74, 6) is 2.15. The summed E-state index contributed by atoms with van der Waals surface area (Å²) in [6, 6.07) is 15.5. The first-order valence-electron chi connectivity index (χ1n) is 12.8. The molecule has 3 aromatic rings. The average Bonchev–Trinajstić information content (AvgIpc) is 3.39. The standard InChI is InChI=1S/C28H36N4O4S/c1-20(2)26-25(30-28(37-26)32-14-18-34-19-15-32)21-6-10-23(11-7-21)35-16-4-3-5-17-36-24-12-8-22(9-13-24)27(29)31-33/h6-13,20,33H,3-5,14-19H2,1-2H3,(H2,29,31). The highest BCUT2D eigenvalue weighted by Crippen LogP contribution is 2.38. The van der Waals surface area contributed by atoms with Crippen LogP contribution in [0.4, 0.5) is 5.13 Å². The zero-order valence-corrected chi connectivity index (χ0v) is 22.4. The maximum Gasteiger partial charge on any atom is 0.186 e. The molecule has 0 radical (unpaired) electrons. The monoisotopic (exact) mass is 524 g/mol. The Hall–Kier alpha value is -3.30. The molecule has 0 atom stereocenters. The number of thiazole rings is 1. The summed E-state index contributed by atoms with van der Waals surface area (Å²) in [6.07, 6.45) is 2.92. The van der Waals surface area contributed by atoms with Crippen LogP contribution >= 0.6 is 11.3 Å². The minimum atomic E-state index is 0.0857. The van der Waals surface area contributed by atoms with Crippen LogP contribution in [0.15, 0.2) is 53.7 Å². The molecule has 0 bridgehead atoms. The van der Waals surface area contributed by atoms with Crippen LogP contribution in [0, 0.1) is 0 Å². The molecule has 9 heteroatoms. The number of morpholine rings is 1. The number of nitrogens with two attached hydrogens (primary N) is 1. The van der Waals surface area contributed by atoms with E-state index in [4.69, 9.17) is 30.1 Å². The number of rotatable bonds is 12. The minimum Gasteiger partial charge on any atom is -0.494 e. The van der Waals surface area contributed by atoms with Crippen LogP contribution < -0.4 is 20.1 Å². The third-order valence-corrected chi connectivity index (χ3v) is 7.58. The molecule has 1 saturated heterocycles. The summed E-state index contributed by atoms with van der Waals surface area (Å²) < 4.78 is 17.2. The molecule has 1 fully saturated rings. The van der Waals surface area contributed by atoms with E-state index in [2.05, 4.69) is 36.0 Å². The van der Waals surface area contributed by atoms with Crippen molar-refractivity contribution in [3.63, 3.8) is 0 Å². The fourth-order valence-electron chi connectivity index (χ4n) is 4.06. The summed E-state index contributed by atoms with van der Waals surface area (Å²) >= 11 is 1.80. The van der Waals surface area contributed by atoms with Crippen LogP contribution in [0.25, 0.3) is 11.3 Å². The van der Waals surface area contributed by atoms with E-state index in [-0.39, 0.29) is 5.84 Å². The predicted molar refractivity (Wildman–Crippen MR) is 148 cm³/mol. The lowest BCUT2D eigenvalue weighted by molar-refractivity contribution is 0.122. The Morgan fingerprint density at radius 1 is 1.00 bits per heavy atom.